The molecule has 1 heterocycles. The van der Waals surface area contributed by atoms with Crippen LogP contribution in [0.4, 0.5) is 0 Å². The summed E-state index contributed by atoms with van der Waals surface area (Å²) in [7, 11) is -3.82. The number of hydrogen-bond donors (Lipinski definition) is 0. The molecule has 3 aliphatic rings. The van der Waals surface area contributed by atoms with E-state index >= 15 is 0 Å². The van der Waals surface area contributed by atoms with Gasteiger partial charge in [0.05, 0.1) is 10.9 Å². The number of rotatable bonds is 5. The molecule has 1 saturated heterocycles. The maximum atomic E-state index is 13.4. The Morgan fingerprint density at radius 2 is 1.26 bits per heavy atom. The molecule has 1 aliphatic heterocycles. The van der Waals surface area contributed by atoms with Crippen molar-refractivity contribution in [3.05, 3.63) is 65.2 Å². The highest BCUT2D eigenvalue weighted by Gasteiger charge is 2.48. The summed E-state index contributed by atoms with van der Waals surface area (Å²) in [5.74, 6) is 1.49. The van der Waals surface area contributed by atoms with Crippen molar-refractivity contribution < 1.29 is 8.42 Å². The van der Waals surface area contributed by atoms with Crippen LogP contribution in [0.15, 0.2) is 62.8 Å². The van der Waals surface area contributed by atoms with Crippen molar-refractivity contribution in [2.24, 2.45) is 9.39 Å². The van der Waals surface area contributed by atoms with Gasteiger partial charge >= 0.3 is 0 Å². The SMILES string of the molecule is Cc1ccc(C2C(=NC3CCCCC3)N(C3CCCCC3)/C2=N\S(=O)(=O)c2ccc(C)cc2)cc1. The number of sulfonamides is 1. The van der Waals surface area contributed by atoms with Crippen LogP contribution in [-0.2, 0) is 10.0 Å². The van der Waals surface area contributed by atoms with Crippen LogP contribution in [0, 0.1) is 13.8 Å². The van der Waals surface area contributed by atoms with E-state index in [-0.39, 0.29) is 16.9 Å². The van der Waals surface area contributed by atoms with Gasteiger partial charge in [-0.2, -0.15) is 8.42 Å². The Balaban J connectivity index is 1.60. The molecule has 2 aromatic carbocycles. The van der Waals surface area contributed by atoms with Crippen molar-refractivity contribution in [1.29, 1.82) is 0 Å². The summed E-state index contributed by atoms with van der Waals surface area (Å²) >= 11 is 0. The van der Waals surface area contributed by atoms with Crippen LogP contribution < -0.4 is 0 Å². The third-order valence-corrected chi connectivity index (χ3v) is 9.08. The zero-order valence-electron chi connectivity index (χ0n) is 21.0. The monoisotopic (exact) mass is 491 g/mol. The summed E-state index contributed by atoms with van der Waals surface area (Å²) in [4.78, 5) is 7.77. The highest BCUT2D eigenvalue weighted by atomic mass is 32.2. The molecular weight excluding hydrogens is 454 g/mol. The Bertz CT molecular complexity index is 1190. The van der Waals surface area contributed by atoms with E-state index in [0.717, 1.165) is 42.6 Å². The third kappa shape index (κ3) is 5.23. The number of benzene rings is 2. The molecule has 2 saturated carbocycles. The molecule has 2 aromatic rings. The van der Waals surface area contributed by atoms with Crippen molar-refractivity contribution in [3.8, 4) is 0 Å². The first kappa shape index (κ1) is 24.2. The van der Waals surface area contributed by atoms with Crippen LogP contribution >= 0.6 is 0 Å². The van der Waals surface area contributed by atoms with Gasteiger partial charge in [0.1, 0.15) is 17.6 Å². The van der Waals surface area contributed by atoms with Crippen LogP contribution in [0.3, 0.4) is 0 Å². The van der Waals surface area contributed by atoms with E-state index in [2.05, 4.69) is 40.5 Å². The molecule has 5 rings (SSSR count). The molecule has 0 radical (unpaired) electrons. The summed E-state index contributed by atoms with van der Waals surface area (Å²) < 4.78 is 31.4. The Morgan fingerprint density at radius 1 is 0.714 bits per heavy atom. The topological polar surface area (TPSA) is 62.1 Å². The number of aliphatic imine (C=N–C) groups is 1. The van der Waals surface area contributed by atoms with Crippen LogP contribution in [0.25, 0.3) is 0 Å². The number of nitrogens with zero attached hydrogens (tertiary/aromatic N) is 3. The van der Waals surface area contributed by atoms with Gasteiger partial charge in [-0.1, -0.05) is 86.1 Å². The highest BCUT2D eigenvalue weighted by Crippen LogP contribution is 2.40. The minimum absolute atomic E-state index is 0.195. The molecule has 186 valence electrons. The van der Waals surface area contributed by atoms with Crippen LogP contribution in [0.5, 0.6) is 0 Å². The van der Waals surface area contributed by atoms with Crippen LogP contribution in [0.1, 0.15) is 86.8 Å². The van der Waals surface area contributed by atoms with Crippen molar-refractivity contribution in [1.82, 2.24) is 4.90 Å². The van der Waals surface area contributed by atoms with Gasteiger partial charge in [0.15, 0.2) is 0 Å². The van der Waals surface area contributed by atoms with Crippen molar-refractivity contribution in [2.75, 3.05) is 0 Å². The van der Waals surface area contributed by atoms with Gasteiger partial charge in [-0.25, -0.2) is 0 Å². The fourth-order valence-corrected chi connectivity index (χ4v) is 6.76. The molecule has 5 nitrogen and oxygen atoms in total. The molecule has 3 fully saturated rings. The fourth-order valence-electron chi connectivity index (χ4n) is 5.73. The lowest BCUT2D eigenvalue weighted by Gasteiger charge is -2.49. The molecule has 1 atom stereocenters. The lowest BCUT2D eigenvalue weighted by Crippen LogP contribution is -2.61. The van der Waals surface area contributed by atoms with E-state index < -0.39 is 10.0 Å². The van der Waals surface area contributed by atoms with Gasteiger partial charge in [-0.3, -0.25) is 4.99 Å². The second-order valence-electron chi connectivity index (χ2n) is 10.5. The van der Waals surface area contributed by atoms with Gasteiger partial charge in [0, 0.05) is 6.04 Å². The fraction of sp³-hybridized carbons (Fsp3) is 0.517. The van der Waals surface area contributed by atoms with Crippen molar-refractivity contribution >= 4 is 21.7 Å². The molecule has 2 aliphatic carbocycles. The third-order valence-electron chi connectivity index (χ3n) is 7.78. The predicted molar refractivity (Wildman–Crippen MR) is 143 cm³/mol. The first-order chi connectivity index (χ1) is 16.9. The van der Waals surface area contributed by atoms with E-state index in [0.29, 0.717) is 11.9 Å². The van der Waals surface area contributed by atoms with E-state index in [1.165, 1.54) is 44.1 Å². The second kappa shape index (κ2) is 10.3. The standard InChI is InChI=1S/C29H37N3O2S/c1-21-13-17-23(18-14-21)27-28(30-24-9-5-3-6-10-24)32(25-11-7-4-8-12-25)29(27)31-35(33,34)26-19-15-22(2)16-20-26/h13-20,24-25,27H,3-12H2,1-2H3/b30-28?,31-29-. The first-order valence-electron chi connectivity index (χ1n) is 13.3. The van der Waals surface area contributed by atoms with Gasteiger partial charge in [-0.05, 0) is 57.2 Å². The molecule has 35 heavy (non-hydrogen) atoms. The van der Waals surface area contributed by atoms with Gasteiger partial charge in [0.25, 0.3) is 10.0 Å². The molecular formula is C29H37N3O2S. The molecule has 0 aromatic heterocycles. The van der Waals surface area contributed by atoms with E-state index in [4.69, 9.17) is 4.99 Å². The average Bonchev–Trinajstić information content (AvgIpc) is 2.86. The van der Waals surface area contributed by atoms with E-state index in [1.54, 1.807) is 12.1 Å². The normalized spacial score (nSPS) is 24.6. The zero-order valence-corrected chi connectivity index (χ0v) is 21.8. The number of hydrogen-bond acceptors (Lipinski definition) is 3. The van der Waals surface area contributed by atoms with E-state index in [1.807, 2.05) is 19.1 Å². The quantitative estimate of drug-likeness (QED) is 0.476. The Labute approximate surface area is 210 Å². The average molecular weight is 492 g/mol. The smallest absolute Gasteiger partial charge is 0.283 e. The zero-order chi connectivity index (χ0) is 24.4. The van der Waals surface area contributed by atoms with Gasteiger partial charge < -0.3 is 4.90 Å². The maximum absolute atomic E-state index is 13.4. The summed E-state index contributed by atoms with van der Waals surface area (Å²) in [6, 6.07) is 16.0. The van der Waals surface area contributed by atoms with Crippen LogP contribution in [-0.4, -0.2) is 37.1 Å². The minimum Gasteiger partial charge on any atom is -0.313 e. The van der Waals surface area contributed by atoms with Crippen molar-refractivity contribution in [2.45, 2.75) is 101 Å². The number of likely N-dealkylation sites (tertiary alicyclic amines) is 1. The summed E-state index contributed by atoms with van der Waals surface area (Å²) in [6.45, 7) is 4.03. The number of amidine groups is 2. The number of aryl methyl sites for hydroxylation is 2. The summed E-state index contributed by atoms with van der Waals surface area (Å²) in [5, 5.41) is 0. The molecule has 0 N–H and O–H groups in total. The minimum atomic E-state index is -3.82. The Hall–Kier alpha value is -2.47. The Kier molecular flexibility index (Phi) is 7.10. The summed E-state index contributed by atoms with van der Waals surface area (Å²) in [5.41, 5.74) is 3.30. The molecule has 0 bridgehead atoms. The second-order valence-corrected chi connectivity index (χ2v) is 12.1. The first-order valence-corrected chi connectivity index (χ1v) is 14.7. The van der Waals surface area contributed by atoms with E-state index in [9.17, 15) is 8.42 Å². The van der Waals surface area contributed by atoms with Crippen molar-refractivity contribution in [3.63, 3.8) is 0 Å². The van der Waals surface area contributed by atoms with Gasteiger partial charge in [0.2, 0.25) is 0 Å². The molecule has 6 heteroatoms. The Morgan fingerprint density at radius 3 is 1.86 bits per heavy atom. The maximum Gasteiger partial charge on any atom is 0.283 e. The lowest BCUT2D eigenvalue weighted by molar-refractivity contribution is 0.293. The molecule has 0 spiro atoms. The van der Waals surface area contributed by atoms with Crippen LogP contribution in [0.2, 0.25) is 0 Å². The lowest BCUT2D eigenvalue weighted by atomic mass is 9.82. The summed E-state index contributed by atoms with van der Waals surface area (Å²) in [6.07, 6.45) is 11.7. The highest BCUT2D eigenvalue weighted by molar-refractivity contribution is 7.90. The molecule has 0 amide bonds. The largest absolute Gasteiger partial charge is 0.313 e. The molecule has 1 unspecified atom stereocenters. The predicted octanol–water partition coefficient (Wildman–Crippen LogP) is 6.55. The van der Waals surface area contributed by atoms with Gasteiger partial charge in [-0.15, -0.1) is 4.40 Å².